The quantitative estimate of drug-likeness (QED) is 0.746. The molecule has 1 unspecified atom stereocenters. The zero-order chi connectivity index (χ0) is 13.7. The minimum absolute atomic E-state index is 0.127. The molecule has 1 amide bonds. The van der Waals surface area contributed by atoms with Gasteiger partial charge in [-0.05, 0) is 19.8 Å². The number of nitrogens with zero attached hydrogens (tertiary/aromatic N) is 2. The Bertz CT molecular complexity index is 439. The summed E-state index contributed by atoms with van der Waals surface area (Å²) in [4.78, 5) is 19.9. The van der Waals surface area contributed by atoms with Gasteiger partial charge in [0.2, 0.25) is 11.9 Å². The highest BCUT2D eigenvalue weighted by molar-refractivity contribution is 5.77. The molecule has 0 aliphatic carbocycles. The van der Waals surface area contributed by atoms with Crippen LogP contribution in [0.5, 0.6) is 0 Å². The highest BCUT2D eigenvalue weighted by atomic mass is 16.1. The van der Waals surface area contributed by atoms with E-state index in [1.54, 1.807) is 0 Å². The summed E-state index contributed by atoms with van der Waals surface area (Å²) in [6.07, 6.45) is 2.45. The van der Waals surface area contributed by atoms with Crippen LogP contribution in [0.4, 0.5) is 11.8 Å². The summed E-state index contributed by atoms with van der Waals surface area (Å²) in [5, 5.41) is 9.40. The lowest BCUT2D eigenvalue weighted by Gasteiger charge is -2.24. The van der Waals surface area contributed by atoms with Crippen molar-refractivity contribution in [1.29, 1.82) is 0 Å². The van der Waals surface area contributed by atoms with Crippen molar-refractivity contribution in [1.82, 2.24) is 15.3 Å². The summed E-state index contributed by atoms with van der Waals surface area (Å²) in [5.41, 5.74) is 0.927. The molecule has 3 N–H and O–H groups in total. The van der Waals surface area contributed by atoms with Crippen molar-refractivity contribution < 1.29 is 4.79 Å². The zero-order valence-corrected chi connectivity index (χ0v) is 11.5. The highest BCUT2D eigenvalue weighted by Gasteiger charge is 2.18. The molecule has 0 aromatic carbocycles. The Morgan fingerprint density at radius 2 is 2.32 bits per heavy atom. The molecule has 1 aromatic heterocycles. The molecular formula is C13H21N5O. The second-order valence-electron chi connectivity index (χ2n) is 4.83. The molecule has 0 spiro atoms. The number of nitrogens with one attached hydrogen (secondary N) is 3. The minimum atomic E-state index is 0.127. The van der Waals surface area contributed by atoms with Gasteiger partial charge >= 0.3 is 0 Å². The Balaban J connectivity index is 1.99. The van der Waals surface area contributed by atoms with Gasteiger partial charge in [-0.15, -0.1) is 0 Å². The molecule has 2 rings (SSSR count). The summed E-state index contributed by atoms with van der Waals surface area (Å²) in [6, 6.07) is 2.17. The predicted octanol–water partition coefficient (Wildman–Crippen LogP) is 1.30. The molecule has 1 atom stereocenters. The van der Waals surface area contributed by atoms with Gasteiger partial charge in [0.1, 0.15) is 5.82 Å². The number of aromatic nitrogens is 2. The van der Waals surface area contributed by atoms with Crippen LogP contribution in [0.1, 0.15) is 31.9 Å². The van der Waals surface area contributed by atoms with Crippen molar-refractivity contribution in [3.63, 3.8) is 0 Å². The molecule has 1 aliphatic heterocycles. The standard InChI is InChI=1S/C13H21N5O/c1-3-6-14-13-16-9(2)7-11(18-13)17-10-4-5-12(19)15-8-10/h7,10H,3-6,8H2,1-2H3,(H,15,19)(H2,14,16,17,18). The lowest BCUT2D eigenvalue weighted by atomic mass is 10.1. The highest BCUT2D eigenvalue weighted by Crippen LogP contribution is 2.13. The van der Waals surface area contributed by atoms with E-state index in [4.69, 9.17) is 0 Å². The van der Waals surface area contributed by atoms with Crippen LogP contribution in [0.15, 0.2) is 6.07 Å². The smallest absolute Gasteiger partial charge is 0.224 e. The van der Waals surface area contributed by atoms with Crippen LogP contribution in [0, 0.1) is 6.92 Å². The summed E-state index contributed by atoms with van der Waals surface area (Å²) in [5.74, 6) is 1.60. The number of anilines is 2. The minimum Gasteiger partial charge on any atom is -0.365 e. The summed E-state index contributed by atoms with van der Waals surface area (Å²) < 4.78 is 0. The van der Waals surface area contributed by atoms with E-state index in [2.05, 4.69) is 32.8 Å². The van der Waals surface area contributed by atoms with Crippen molar-refractivity contribution in [3.05, 3.63) is 11.8 Å². The average molecular weight is 263 g/mol. The van der Waals surface area contributed by atoms with Gasteiger partial charge in [-0.25, -0.2) is 4.98 Å². The van der Waals surface area contributed by atoms with Crippen molar-refractivity contribution >= 4 is 17.7 Å². The first kappa shape index (κ1) is 13.6. The predicted molar refractivity (Wildman–Crippen MR) is 75.2 cm³/mol. The molecular weight excluding hydrogens is 242 g/mol. The van der Waals surface area contributed by atoms with Gasteiger partial charge in [0.25, 0.3) is 0 Å². The fraction of sp³-hybridized carbons (Fsp3) is 0.615. The van der Waals surface area contributed by atoms with Gasteiger partial charge in [-0.2, -0.15) is 4.98 Å². The third-order valence-electron chi connectivity index (χ3n) is 3.00. The number of amides is 1. The lowest BCUT2D eigenvalue weighted by Crippen LogP contribution is -2.42. The largest absolute Gasteiger partial charge is 0.365 e. The number of hydrogen-bond donors (Lipinski definition) is 3. The molecule has 1 aliphatic rings. The van der Waals surface area contributed by atoms with E-state index in [-0.39, 0.29) is 11.9 Å². The summed E-state index contributed by atoms with van der Waals surface area (Å²) in [7, 11) is 0. The number of carbonyl (C=O) groups is 1. The summed E-state index contributed by atoms with van der Waals surface area (Å²) in [6.45, 7) is 5.57. The molecule has 104 valence electrons. The first-order valence-corrected chi connectivity index (χ1v) is 6.80. The summed E-state index contributed by atoms with van der Waals surface area (Å²) >= 11 is 0. The third-order valence-corrected chi connectivity index (χ3v) is 3.00. The second kappa shape index (κ2) is 6.36. The molecule has 6 nitrogen and oxygen atoms in total. The Hall–Kier alpha value is -1.85. The number of aryl methyl sites for hydroxylation is 1. The number of rotatable bonds is 5. The molecule has 1 aromatic rings. The maximum absolute atomic E-state index is 11.1. The topological polar surface area (TPSA) is 78.9 Å². The van der Waals surface area contributed by atoms with Crippen LogP contribution in [0.25, 0.3) is 0 Å². The van der Waals surface area contributed by atoms with Crippen LogP contribution in [0.2, 0.25) is 0 Å². The molecule has 19 heavy (non-hydrogen) atoms. The van der Waals surface area contributed by atoms with Gasteiger partial charge < -0.3 is 16.0 Å². The van der Waals surface area contributed by atoms with Crippen molar-refractivity contribution in [3.8, 4) is 0 Å². The molecule has 0 saturated carbocycles. The third kappa shape index (κ3) is 4.08. The van der Waals surface area contributed by atoms with Crippen molar-refractivity contribution in [2.75, 3.05) is 23.7 Å². The Kier molecular flexibility index (Phi) is 4.54. The molecule has 0 bridgehead atoms. The first-order valence-electron chi connectivity index (χ1n) is 6.80. The monoisotopic (exact) mass is 263 g/mol. The van der Waals surface area contributed by atoms with Gasteiger partial charge in [-0.3, -0.25) is 4.79 Å². The van der Waals surface area contributed by atoms with Crippen molar-refractivity contribution in [2.24, 2.45) is 0 Å². The lowest BCUT2D eigenvalue weighted by molar-refractivity contribution is -0.122. The Morgan fingerprint density at radius 1 is 1.47 bits per heavy atom. The van der Waals surface area contributed by atoms with Crippen molar-refractivity contribution in [2.45, 2.75) is 39.2 Å². The van der Waals surface area contributed by atoms with Crippen LogP contribution < -0.4 is 16.0 Å². The fourth-order valence-corrected chi connectivity index (χ4v) is 2.02. The van der Waals surface area contributed by atoms with E-state index < -0.39 is 0 Å². The van der Waals surface area contributed by atoms with Gasteiger partial charge in [0.05, 0.1) is 0 Å². The molecule has 1 saturated heterocycles. The van der Waals surface area contributed by atoms with E-state index >= 15 is 0 Å². The Morgan fingerprint density at radius 3 is 3.00 bits per heavy atom. The zero-order valence-electron chi connectivity index (χ0n) is 11.5. The fourth-order valence-electron chi connectivity index (χ4n) is 2.02. The molecule has 1 fully saturated rings. The average Bonchev–Trinajstić information content (AvgIpc) is 2.38. The normalized spacial score (nSPS) is 18.8. The van der Waals surface area contributed by atoms with E-state index in [9.17, 15) is 4.79 Å². The second-order valence-corrected chi connectivity index (χ2v) is 4.83. The van der Waals surface area contributed by atoms with Gasteiger partial charge in [0, 0.05) is 37.3 Å². The van der Waals surface area contributed by atoms with Crippen LogP contribution in [-0.4, -0.2) is 35.0 Å². The van der Waals surface area contributed by atoms with Crippen LogP contribution in [-0.2, 0) is 4.79 Å². The first-order chi connectivity index (χ1) is 9.17. The molecule has 6 heteroatoms. The van der Waals surface area contributed by atoms with Crippen LogP contribution >= 0.6 is 0 Å². The van der Waals surface area contributed by atoms with E-state index in [0.29, 0.717) is 18.9 Å². The van der Waals surface area contributed by atoms with E-state index in [1.807, 2.05) is 13.0 Å². The number of hydrogen-bond acceptors (Lipinski definition) is 5. The van der Waals surface area contributed by atoms with E-state index in [1.165, 1.54) is 0 Å². The number of piperidine rings is 1. The van der Waals surface area contributed by atoms with Crippen LogP contribution in [0.3, 0.4) is 0 Å². The van der Waals surface area contributed by atoms with E-state index in [0.717, 1.165) is 30.9 Å². The molecule has 0 radical (unpaired) electrons. The Labute approximate surface area is 113 Å². The number of carbonyl (C=O) groups excluding carboxylic acids is 1. The maximum Gasteiger partial charge on any atom is 0.224 e. The SMILES string of the molecule is CCCNc1nc(C)cc(NC2CCC(=O)NC2)n1. The maximum atomic E-state index is 11.1. The van der Waals surface area contributed by atoms with Gasteiger partial charge in [-0.1, -0.05) is 6.92 Å². The molecule has 2 heterocycles. The van der Waals surface area contributed by atoms with Gasteiger partial charge in [0.15, 0.2) is 0 Å².